The average Bonchev–Trinajstić information content (AvgIpc) is 3.15. The van der Waals surface area contributed by atoms with Gasteiger partial charge in [-0.25, -0.2) is 9.40 Å². The Morgan fingerprint density at radius 2 is 1.79 bits per heavy atom. The van der Waals surface area contributed by atoms with Crippen molar-refractivity contribution in [2.45, 2.75) is 12.6 Å². The second-order valence-electron chi connectivity index (χ2n) is 5.99. The number of methoxy groups -OCH3 is 2. The third-order valence-electron chi connectivity index (χ3n) is 4.27. The molecular weight excluding hydrogens is 380 g/mol. The lowest BCUT2D eigenvalue weighted by atomic mass is 10.1. The summed E-state index contributed by atoms with van der Waals surface area (Å²) in [6, 6.07) is 7.24. The minimum Gasteiger partial charge on any atom is -0.493 e. The number of ether oxygens (including phenoxy) is 2. The predicted octanol–water partition coefficient (Wildman–Crippen LogP) is 4.11. The molecule has 0 bridgehead atoms. The largest absolute Gasteiger partial charge is 0.493 e. The highest BCUT2D eigenvalue weighted by atomic mass is 19.4. The molecule has 0 spiro atoms. The summed E-state index contributed by atoms with van der Waals surface area (Å²) in [6.45, 7) is 0.227. The van der Waals surface area contributed by atoms with Crippen LogP contribution >= 0.6 is 0 Å². The minimum atomic E-state index is -4.82. The lowest BCUT2D eigenvalue weighted by molar-refractivity contribution is -0.140. The number of carbonyl (C=O) groups is 1. The van der Waals surface area contributed by atoms with Gasteiger partial charge in [0.1, 0.15) is 5.82 Å². The molecule has 1 amide bonds. The molecule has 1 aliphatic heterocycles. The maximum Gasteiger partial charge on any atom is 0.419 e. The first-order valence-corrected chi connectivity index (χ1v) is 8.23. The second kappa shape index (κ2) is 7.49. The van der Waals surface area contributed by atoms with E-state index >= 15 is 0 Å². The number of hydrazone groups is 1. The highest BCUT2D eigenvalue weighted by molar-refractivity contribution is 6.04. The Labute approximate surface area is 158 Å². The molecule has 0 saturated carbocycles. The SMILES string of the molecule is COc1ccc(C2=NN(C(=O)c3ccc(C(F)(F)F)c(F)c3)CC2)cc1OC. The molecule has 0 N–H and O–H groups in total. The smallest absolute Gasteiger partial charge is 0.419 e. The van der Waals surface area contributed by atoms with Crippen molar-refractivity contribution in [2.24, 2.45) is 5.10 Å². The quantitative estimate of drug-likeness (QED) is 0.731. The lowest BCUT2D eigenvalue weighted by Gasteiger charge is -2.13. The number of benzene rings is 2. The van der Waals surface area contributed by atoms with Crippen LogP contribution in [-0.4, -0.2) is 37.4 Å². The number of halogens is 4. The zero-order chi connectivity index (χ0) is 20.5. The topological polar surface area (TPSA) is 51.1 Å². The highest BCUT2D eigenvalue weighted by Gasteiger charge is 2.34. The fraction of sp³-hybridized carbons (Fsp3) is 0.263. The van der Waals surface area contributed by atoms with E-state index in [1.54, 1.807) is 18.2 Å². The van der Waals surface area contributed by atoms with Crippen molar-refractivity contribution >= 4 is 11.6 Å². The van der Waals surface area contributed by atoms with Gasteiger partial charge in [-0.05, 0) is 36.4 Å². The Bertz CT molecular complexity index is 941. The number of nitrogens with zero attached hydrogens (tertiary/aromatic N) is 2. The van der Waals surface area contributed by atoms with E-state index in [0.29, 0.717) is 41.3 Å². The van der Waals surface area contributed by atoms with E-state index in [-0.39, 0.29) is 12.1 Å². The van der Waals surface area contributed by atoms with Crippen molar-refractivity contribution < 1.29 is 31.8 Å². The van der Waals surface area contributed by atoms with Crippen LogP contribution in [0.5, 0.6) is 11.5 Å². The number of amides is 1. The molecule has 0 saturated heterocycles. The zero-order valence-electron chi connectivity index (χ0n) is 15.0. The van der Waals surface area contributed by atoms with Crippen molar-refractivity contribution in [1.82, 2.24) is 5.01 Å². The molecule has 3 rings (SSSR count). The molecule has 0 unspecified atom stereocenters. The Morgan fingerprint density at radius 1 is 1.07 bits per heavy atom. The maximum atomic E-state index is 13.7. The van der Waals surface area contributed by atoms with E-state index in [1.807, 2.05) is 0 Å². The first-order valence-electron chi connectivity index (χ1n) is 8.23. The molecule has 9 heteroatoms. The third kappa shape index (κ3) is 3.78. The molecule has 0 aliphatic carbocycles. The van der Waals surface area contributed by atoms with Crippen LogP contribution in [0.4, 0.5) is 17.6 Å². The van der Waals surface area contributed by atoms with E-state index in [0.717, 1.165) is 11.1 Å². The number of alkyl halides is 3. The first-order chi connectivity index (χ1) is 13.2. The van der Waals surface area contributed by atoms with Crippen LogP contribution in [0.1, 0.15) is 27.9 Å². The normalized spacial score (nSPS) is 14.1. The molecule has 28 heavy (non-hydrogen) atoms. The van der Waals surface area contributed by atoms with Gasteiger partial charge in [0.25, 0.3) is 5.91 Å². The Hall–Kier alpha value is -3.10. The maximum absolute atomic E-state index is 13.7. The minimum absolute atomic E-state index is 0.206. The van der Waals surface area contributed by atoms with Crippen molar-refractivity contribution in [3.63, 3.8) is 0 Å². The Morgan fingerprint density at radius 3 is 2.39 bits per heavy atom. The molecule has 1 aliphatic rings. The van der Waals surface area contributed by atoms with Gasteiger partial charge >= 0.3 is 6.18 Å². The van der Waals surface area contributed by atoms with Gasteiger partial charge in [-0.15, -0.1) is 0 Å². The summed E-state index contributed by atoms with van der Waals surface area (Å²) in [5.41, 5.74) is -0.309. The number of hydrogen-bond donors (Lipinski definition) is 0. The second-order valence-corrected chi connectivity index (χ2v) is 5.99. The number of rotatable bonds is 4. The van der Waals surface area contributed by atoms with E-state index in [2.05, 4.69) is 5.10 Å². The average molecular weight is 396 g/mol. The molecule has 148 valence electrons. The predicted molar refractivity (Wildman–Crippen MR) is 93.1 cm³/mol. The summed E-state index contributed by atoms with van der Waals surface area (Å²) in [7, 11) is 3.00. The molecule has 0 atom stereocenters. The van der Waals surface area contributed by atoms with Gasteiger partial charge in [-0.3, -0.25) is 4.79 Å². The summed E-state index contributed by atoms with van der Waals surface area (Å²) in [6.07, 6.45) is -4.39. The van der Waals surface area contributed by atoms with Gasteiger partial charge in [-0.1, -0.05) is 0 Å². The van der Waals surface area contributed by atoms with Gasteiger partial charge in [0.15, 0.2) is 11.5 Å². The molecular formula is C19H16F4N2O3. The summed E-state index contributed by atoms with van der Waals surface area (Å²) < 4.78 is 62.1. The van der Waals surface area contributed by atoms with Crippen molar-refractivity contribution in [2.75, 3.05) is 20.8 Å². The lowest BCUT2D eigenvalue weighted by Crippen LogP contribution is -2.24. The van der Waals surface area contributed by atoms with E-state index in [9.17, 15) is 22.4 Å². The third-order valence-corrected chi connectivity index (χ3v) is 4.27. The van der Waals surface area contributed by atoms with Crippen LogP contribution in [0.2, 0.25) is 0 Å². The highest BCUT2D eigenvalue weighted by Crippen LogP contribution is 2.32. The molecule has 5 nitrogen and oxygen atoms in total. The van der Waals surface area contributed by atoms with Gasteiger partial charge in [0.05, 0.1) is 32.0 Å². The summed E-state index contributed by atoms with van der Waals surface area (Å²) in [5, 5.41) is 5.33. The molecule has 2 aromatic rings. The molecule has 0 aromatic heterocycles. The van der Waals surface area contributed by atoms with Crippen molar-refractivity contribution in [1.29, 1.82) is 0 Å². The molecule has 1 heterocycles. The summed E-state index contributed by atoms with van der Waals surface area (Å²) in [4.78, 5) is 12.5. The molecule has 0 fully saturated rings. The standard InChI is InChI=1S/C19H16F4N2O3/c1-27-16-6-4-11(10-17(16)28-2)15-7-8-25(24-15)18(26)12-3-5-13(14(20)9-12)19(21,22)23/h3-6,9-10H,7-8H2,1-2H3. The van der Waals surface area contributed by atoms with Crippen molar-refractivity contribution in [3.05, 3.63) is 58.9 Å². The van der Waals surface area contributed by atoms with E-state index in [1.165, 1.54) is 14.2 Å². The fourth-order valence-corrected chi connectivity index (χ4v) is 2.85. The Balaban J connectivity index is 1.84. The van der Waals surface area contributed by atoms with Crippen LogP contribution < -0.4 is 9.47 Å². The zero-order valence-corrected chi connectivity index (χ0v) is 15.0. The van der Waals surface area contributed by atoms with Crippen molar-refractivity contribution in [3.8, 4) is 11.5 Å². The van der Waals surface area contributed by atoms with Crippen LogP contribution in [-0.2, 0) is 6.18 Å². The fourth-order valence-electron chi connectivity index (χ4n) is 2.85. The van der Waals surface area contributed by atoms with Crippen LogP contribution in [0.3, 0.4) is 0 Å². The van der Waals surface area contributed by atoms with Crippen LogP contribution in [0.15, 0.2) is 41.5 Å². The van der Waals surface area contributed by atoms with E-state index in [4.69, 9.17) is 9.47 Å². The summed E-state index contributed by atoms with van der Waals surface area (Å²) >= 11 is 0. The van der Waals surface area contributed by atoms with Crippen LogP contribution in [0.25, 0.3) is 0 Å². The molecule has 2 aromatic carbocycles. The molecule has 0 radical (unpaired) electrons. The van der Waals surface area contributed by atoms with Crippen LogP contribution in [0, 0.1) is 5.82 Å². The number of hydrogen-bond acceptors (Lipinski definition) is 4. The van der Waals surface area contributed by atoms with E-state index < -0.39 is 23.5 Å². The van der Waals surface area contributed by atoms with Gasteiger partial charge in [-0.2, -0.15) is 18.3 Å². The van der Waals surface area contributed by atoms with Gasteiger partial charge in [0.2, 0.25) is 0 Å². The van der Waals surface area contributed by atoms with Gasteiger partial charge < -0.3 is 9.47 Å². The monoisotopic (exact) mass is 396 g/mol. The summed E-state index contributed by atoms with van der Waals surface area (Å²) in [5.74, 6) is -1.14. The first kappa shape index (κ1) is 19.7. The number of carbonyl (C=O) groups excluding carboxylic acids is 1. The van der Waals surface area contributed by atoms with Gasteiger partial charge in [0, 0.05) is 17.5 Å². The Kier molecular flexibility index (Phi) is 5.26.